The van der Waals surface area contributed by atoms with Crippen LogP contribution in [0.25, 0.3) is 0 Å². The van der Waals surface area contributed by atoms with Crippen LogP contribution >= 0.6 is 0 Å². The van der Waals surface area contributed by atoms with Crippen LogP contribution in [-0.2, 0) is 14.4 Å². The van der Waals surface area contributed by atoms with Gasteiger partial charge < -0.3 is 16.4 Å². The Bertz CT molecular complexity index is 359. The zero-order valence-electron chi connectivity index (χ0n) is 8.66. The van der Waals surface area contributed by atoms with Crippen molar-refractivity contribution in [3.05, 3.63) is 0 Å². The van der Waals surface area contributed by atoms with E-state index in [0.717, 1.165) is 0 Å². The van der Waals surface area contributed by atoms with Crippen molar-refractivity contribution in [3.63, 3.8) is 0 Å². The first-order valence-corrected chi connectivity index (χ1v) is 4.87. The molecule has 6 heteroatoms. The van der Waals surface area contributed by atoms with E-state index in [9.17, 15) is 14.4 Å². The summed E-state index contributed by atoms with van der Waals surface area (Å²) in [5.74, 6) is 0.967. The second-order valence-corrected chi connectivity index (χ2v) is 3.53. The number of amides is 3. The molecular weight excluding hydrogens is 210 g/mol. The molecule has 1 aliphatic rings. The van der Waals surface area contributed by atoms with Crippen LogP contribution in [-0.4, -0.2) is 29.8 Å². The summed E-state index contributed by atoms with van der Waals surface area (Å²) in [7, 11) is 0. The smallest absolute Gasteiger partial charge is 0.243 e. The Balaban J connectivity index is 2.52. The van der Waals surface area contributed by atoms with E-state index < -0.39 is 23.9 Å². The fourth-order valence-electron chi connectivity index (χ4n) is 1.42. The van der Waals surface area contributed by atoms with Crippen LogP contribution in [0.4, 0.5) is 0 Å². The van der Waals surface area contributed by atoms with E-state index in [2.05, 4.69) is 16.6 Å². The minimum atomic E-state index is -0.880. The van der Waals surface area contributed by atoms with Gasteiger partial charge in [-0.25, -0.2) is 0 Å². The van der Waals surface area contributed by atoms with Crippen molar-refractivity contribution in [2.45, 2.75) is 31.3 Å². The SMILES string of the molecule is C#CC[C@H](NC(=O)[C@@H]1CCC(=O)N1)C(N)=O. The molecule has 1 heterocycles. The van der Waals surface area contributed by atoms with Crippen molar-refractivity contribution in [2.24, 2.45) is 5.73 Å². The van der Waals surface area contributed by atoms with Gasteiger partial charge >= 0.3 is 0 Å². The van der Waals surface area contributed by atoms with Crippen LogP contribution in [0.15, 0.2) is 0 Å². The molecule has 1 aliphatic heterocycles. The van der Waals surface area contributed by atoms with Gasteiger partial charge in [0, 0.05) is 12.8 Å². The van der Waals surface area contributed by atoms with Crippen molar-refractivity contribution in [1.82, 2.24) is 10.6 Å². The number of carbonyl (C=O) groups is 3. The average Bonchev–Trinajstić information content (AvgIpc) is 2.64. The third-order valence-electron chi connectivity index (χ3n) is 2.29. The molecule has 86 valence electrons. The molecule has 3 amide bonds. The van der Waals surface area contributed by atoms with E-state index in [1.807, 2.05) is 0 Å². The molecule has 2 atom stereocenters. The topological polar surface area (TPSA) is 101 Å². The summed E-state index contributed by atoms with van der Waals surface area (Å²) in [6.07, 6.45) is 5.82. The molecule has 0 saturated carbocycles. The highest BCUT2D eigenvalue weighted by Gasteiger charge is 2.29. The van der Waals surface area contributed by atoms with Crippen LogP contribution in [0.1, 0.15) is 19.3 Å². The number of nitrogens with one attached hydrogen (secondary N) is 2. The fourth-order valence-corrected chi connectivity index (χ4v) is 1.42. The molecule has 0 radical (unpaired) electrons. The van der Waals surface area contributed by atoms with Gasteiger partial charge in [-0.15, -0.1) is 12.3 Å². The third kappa shape index (κ3) is 2.98. The summed E-state index contributed by atoms with van der Waals surface area (Å²) in [4.78, 5) is 33.4. The van der Waals surface area contributed by atoms with E-state index in [1.165, 1.54) is 0 Å². The molecule has 0 aromatic carbocycles. The lowest BCUT2D eigenvalue weighted by atomic mass is 10.1. The normalized spacial score (nSPS) is 20.7. The zero-order valence-corrected chi connectivity index (χ0v) is 8.66. The van der Waals surface area contributed by atoms with Crippen LogP contribution in [0.5, 0.6) is 0 Å². The summed E-state index contributed by atoms with van der Waals surface area (Å²) in [5, 5.41) is 4.89. The number of primary amides is 1. The molecular formula is C10H13N3O3. The molecule has 0 aromatic rings. The maximum Gasteiger partial charge on any atom is 0.243 e. The van der Waals surface area contributed by atoms with Crippen LogP contribution < -0.4 is 16.4 Å². The number of terminal acetylenes is 1. The monoisotopic (exact) mass is 223 g/mol. The number of hydrogen-bond donors (Lipinski definition) is 3. The summed E-state index contributed by atoms with van der Waals surface area (Å²) >= 11 is 0. The van der Waals surface area contributed by atoms with E-state index in [4.69, 9.17) is 12.2 Å². The van der Waals surface area contributed by atoms with Gasteiger partial charge in [0.15, 0.2) is 0 Å². The molecule has 0 aliphatic carbocycles. The molecule has 0 bridgehead atoms. The standard InChI is InChI=1S/C10H13N3O3/c1-2-3-6(9(11)15)13-10(16)7-4-5-8(14)12-7/h1,6-7H,3-5H2,(H2,11,15)(H,12,14)(H,13,16)/t6-,7-/m0/s1. The molecule has 6 nitrogen and oxygen atoms in total. The lowest BCUT2D eigenvalue weighted by molar-refractivity contribution is -0.129. The number of hydrogen-bond acceptors (Lipinski definition) is 3. The third-order valence-corrected chi connectivity index (χ3v) is 2.29. The maximum absolute atomic E-state index is 11.6. The molecule has 1 rings (SSSR count). The van der Waals surface area contributed by atoms with Gasteiger partial charge in [0.2, 0.25) is 17.7 Å². The lowest BCUT2D eigenvalue weighted by Gasteiger charge is -2.16. The molecule has 1 saturated heterocycles. The summed E-state index contributed by atoms with van der Waals surface area (Å²) in [5.41, 5.74) is 5.06. The Hall–Kier alpha value is -2.03. The number of carbonyl (C=O) groups excluding carboxylic acids is 3. The van der Waals surface area contributed by atoms with E-state index in [-0.39, 0.29) is 12.3 Å². The molecule has 16 heavy (non-hydrogen) atoms. The van der Waals surface area contributed by atoms with Crippen molar-refractivity contribution in [3.8, 4) is 12.3 Å². The Labute approximate surface area is 92.9 Å². The molecule has 1 fully saturated rings. The Morgan fingerprint density at radius 3 is 2.81 bits per heavy atom. The predicted octanol–water partition coefficient (Wildman–Crippen LogP) is -1.74. The highest BCUT2D eigenvalue weighted by molar-refractivity contribution is 5.93. The van der Waals surface area contributed by atoms with Crippen molar-refractivity contribution in [1.29, 1.82) is 0 Å². The van der Waals surface area contributed by atoms with Crippen LogP contribution in [0, 0.1) is 12.3 Å². The quantitative estimate of drug-likeness (QED) is 0.493. The van der Waals surface area contributed by atoms with Gasteiger partial charge in [-0.1, -0.05) is 0 Å². The van der Waals surface area contributed by atoms with Gasteiger partial charge in [0.25, 0.3) is 0 Å². The van der Waals surface area contributed by atoms with E-state index in [1.54, 1.807) is 0 Å². The van der Waals surface area contributed by atoms with Crippen molar-refractivity contribution >= 4 is 17.7 Å². The van der Waals surface area contributed by atoms with Gasteiger partial charge in [-0.2, -0.15) is 0 Å². The first kappa shape index (κ1) is 12.0. The Kier molecular flexibility index (Phi) is 3.89. The maximum atomic E-state index is 11.6. The van der Waals surface area contributed by atoms with E-state index in [0.29, 0.717) is 12.8 Å². The molecule has 0 aromatic heterocycles. The van der Waals surface area contributed by atoms with Crippen LogP contribution in [0.2, 0.25) is 0 Å². The first-order chi connectivity index (χ1) is 7.54. The van der Waals surface area contributed by atoms with Crippen LogP contribution in [0.3, 0.4) is 0 Å². The predicted molar refractivity (Wildman–Crippen MR) is 55.7 cm³/mol. The lowest BCUT2D eigenvalue weighted by Crippen LogP contribution is -2.50. The molecule has 4 N–H and O–H groups in total. The zero-order chi connectivity index (χ0) is 12.1. The summed E-state index contributed by atoms with van der Waals surface area (Å²) in [6.45, 7) is 0. The van der Waals surface area contributed by atoms with Crippen molar-refractivity contribution < 1.29 is 14.4 Å². The van der Waals surface area contributed by atoms with Gasteiger partial charge in [-0.3, -0.25) is 14.4 Å². The Morgan fingerprint density at radius 2 is 2.38 bits per heavy atom. The van der Waals surface area contributed by atoms with Crippen molar-refractivity contribution in [2.75, 3.05) is 0 Å². The largest absolute Gasteiger partial charge is 0.368 e. The van der Waals surface area contributed by atoms with Gasteiger partial charge in [0.05, 0.1) is 0 Å². The second kappa shape index (κ2) is 5.16. The minimum absolute atomic E-state index is 0.0434. The Morgan fingerprint density at radius 1 is 1.69 bits per heavy atom. The first-order valence-electron chi connectivity index (χ1n) is 4.87. The van der Waals surface area contributed by atoms with Gasteiger partial charge in [0.1, 0.15) is 12.1 Å². The summed E-state index contributed by atoms with van der Waals surface area (Å²) < 4.78 is 0. The molecule has 0 unspecified atom stereocenters. The highest BCUT2D eigenvalue weighted by atomic mass is 16.2. The number of rotatable bonds is 4. The van der Waals surface area contributed by atoms with E-state index >= 15 is 0 Å². The summed E-state index contributed by atoms with van der Waals surface area (Å²) in [6, 6.07) is -1.47. The minimum Gasteiger partial charge on any atom is -0.368 e. The second-order valence-electron chi connectivity index (χ2n) is 3.53. The number of nitrogens with two attached hydrogens (primary N) is 1. The molecule has 0 spiro atoms. The van der Waals surface area contributed by atoms with Gasteiger partial charge in [-0.05, 0) is 6.42 Å². The fraction of sp³-hybridized carbons (Fsp3) is 0.500. The highest BCUT2D eigenvalue weighted by Crippen LogP contribution is 2.06. The average molecular weight is 223 g/mol.